The van der Waals surface area contributed by atoms with E-state index in [-0.39, 0.29) is 47.3 Å². The van der Waals surface area contributed by atoms with Gasteiger partial charge in [-0.05, 0) is 132 Å². The molecule has 0 aliphatic carbocycles. The first-order valence-corrected chi connectivity index (χ1v) is 33.0. The van der Waals surface area contributed by atoms with Crippen molar-refractivity contribution in [3.63, 3.8) is 0 Å². The van der Waals surface area contributed by atoms with E-state index in [0.717, 1.165) is 33.3 Å². The summed E-state index contributed by atoms with van der Waals surface area (Å²) >= 11 is 0. The highest BCUT2D eigenvalue weighted by atomic mass is 32.2. The van der Waals surface area contributed by atoms with Crippen LogP contribution in [0.4, 0.5) is 11.4 Å². The van der Waals surface area contributed by atoms with Gasteiger partial charge >= 0.3 is 5.97 Å². The van der Waals surface area contributed by atoms with Gasteiger partial charge in [0.15, 0.2) is 12.3 Å². The molecule has 0 saturated carbocycles. The third-order valence-corrected chi connectivity index (χ3v) is 19.9. The van der Waals surface area contributed by atoms with Gasteiger partial charge in [-0.2, -0.15) is 29.8 Å². The lowest BCUT2D eigenvalue weighted by molar-refractivity contribution is -0.441. The summed E-state index contributed by atoms with van der Waals surface area (Å²) in [6, 6.07) is 33.4. The standard InChI is InChI=1S/C62H70N3O14PS3/c1-61(2)52-43-49(82(72,73)74)31-34-54(52)65(39-40-78-4)57(61)28-17-7-6-8-18-29-58-62(3,36-21-41-81(69,70)71)53-44-50(83(75,76)77)32-35-55(53)64(58)38-19-11-12-22-46(66)23-20-37-63-59(67)45-30-33-51(60(68)79-5)56(42-45)80(47-24-13-9-14-25-47)48-26-15-10-16-27-48/h6-10,13-18,24-35,42-44H,11-12,19-23,36-41H2,1-5H3,(H3-,63,67,69,70,71,72,73,74,75,76,77)/p+1. The number of carbonyl (C=O) groups is 3. The molecule has 7 rings (SSSR count). The fourth-order valence-corrected chi connectivity index (χ4v) is 14.7. The van der Waals surface area contributed by atoms with E-state index in [1.807, 2.05) is 115 Å². The molecule has 0 bridgehead atoms. The molecule has 1 amide bonds. The largest absolute Gasteiger partial charge is 0.465 e. The molecule has 2 aliphatic heterocycles. The molecule has 21 heteroatoms. The molecular weight excluding hydrogens is 1140 g/mol. The fraction of sp³-hybridized carbons (Fsp3) is 0.323. The van der Waals surface area contributed by atoms with Gasteiger partial charge in [-0.1, -0.05) is 97.5 Å². The molecule has 1 unspecified atom stereocenters. The lowest BCUT2D eigenvalue weighted by Crippen LogP contribution is -2.30. The van der Waals surface area contributed by atoms with Crippen LogP contribution in [0.15, 0.2) is 173 Å². The Kier molecular flexibility index (Phi) is 21.4. The van der Waals surface area contributed by atoms with Gasteiger partial charge in [-0.15, -0.1) is 0 Å². The van der Waals surface area contributed by atoms with Gasteiger partial charge in [0.1, 0.15) is 12.4 Å². The van der Waals surface area contributed by atoms with Gasteiger partial charge in [0.2, 0.25) is 5.69 Å². The number of allylic oxidation sites excluding steroid dienone is 8. The third kappa shape index (κ3) is 15.9. The smallest absolute Gasteiger partial charge is 0.338 e. The Hall–Kier alpha value is -6.74. The van der Waals surface area contributed by atoms with Crippen LogP contribution in [0.5, 0.6) is 0 Å². The minimum absolute atomic E-state index is 0.0312. The summed E-state index contributed by atoms with van der Waals surface area (Å²) in [5, 5.41) is 5.62. The number of methoxy groups -OCH3 is 2. The van der Waals surface area contributed by atoms with E-state index < -0.39 is 60.8 Å². The zero-order chi connectivity index (χ0) is 60.2. The molecule has 5 aromatic rings. The summed E-state index contributed by atoms with van der Waals surface area (Å²) in [4.78, 5) is 41.3. The number of hydrogen-bond acceptors (Lipinski definition) is 12. The Morgan fingerprint density at radius 3 is 1.93 bits per heavy atom. The van der Waals surface area contributed by atoms with Crippen molar-refractivity contribution in [3.05, 3.63) is 186 Å². The predicted molar refractivity (Wildman–Crippen MR) is 325 cm³/mol. The number of hydrogen-bond donors (Lipinski definition) is 4. The van der Waals surface area contributed by atoms with Gasteiger partial charge in [0.05, 0.1) is 33.6 Å². The summed E-state index contributed by atoms with van der Waals surface area (Å²) in [7, 11) is -11.7. The maximum absolute atomic E-state index is 13.6. The van der Waals surface area contributed by atoms with E-state index in [1.165, 1.54) is 31.4 Å². The van der Waals surface area contributed by atoms with Crippen molar-refractivity contribution in [2.75, 3.05) is 51.1 Å². The van der Waals surface area contributed by atoms with Crippen LogP contribution in [0.2, 0.25) is 0 Å². The van der Waals surface area contributed by atoms with Crippen molar-refractivity contribution in [2.24, 2.45) is 0 Å². The van der Waals surface area contributed by atoms with Crippen LogP contribution in [0, 0.1) is 0 Å². The van der Waals surface area contributed by atoms with Gasteiger partial charge in [0, 0.05) is 78.4 Å². The number of nitrogens with zero attached hydrogens (tertiary/aromatic N) is 2. The molecule has 83 heavy (non-hydrogen) atoms. The van der Waals surface area contributed by atoms with Crippen LogP contribution < -0.4 is 26.1 Å². The molecule has 4 N–H and O–H groups in total. The predicted octanol–water partition coefficient (Wildman–Crippen LogP) is 9.09. The van der Waals surface area contributed by atoms with Crippen molar-refractivity contribution in [1.82, 2.24) is 5.32 Å². The van der Waals surface area contributed by atoms with Crippen molar-refractivity contribution in [2.45, 2.75) is 92.8 Å². The minimum Gasteiger partial charge on any atom is -0.465 e. The summed E-state index contributed by atoms with van der Waals surface area (Å²) in [6.07, 6.45) is 15.9. The Balaban J connectivity index is 1.01. The number of amides is 1. The number of nitrogens with one attached hydrogen (secondary N) is 1. The first kappa shape index (κ1) is 63.8. The van der Waals surface area contributed by atoms with E-state index in [0.29, 0.717) is 79.5 Å². The Morgan fingerprint density at radius 2 is 1.30 bits per heavy atom. The number of unbranched alkanes of at least 4 members (excludes halogenated alkanes) is 2. The van der Waals surface area contributed by atoms with Gasteiger partial charge in [-0.25, -0.2) is 4.79 Å². The van der Waals surface area contributed by atoms with Crippen molar-refractivity contribution >= 4 is 88.9 Å². The molecule has 0 aromatic heterocycles. The summed E-state index contributed by atoms with van der Waals surface area (Å²) in [5.41, 5.74) is 3.43. The summed E-state index contributed by atoms with van der Waals surface area (Å²) < 4.78 is 115. The number of ether oxygens (including phenoxy) is 2. The lowest BCUT2D eigenvalue weighted by atomic mass is 9.77. The number of fused-ring (bicyclic) bond motifs is 2. The maximum atomic E-state index is 13.6. The fourth-order valence-electron chi connectivity index (χ4n) is 10.7. The van der Waals surface area contributed by atoms with E-state index in [1.54, 1.807) is 55.7 Å². The molecule has 0 spiro atoms. The first-order chi connectivity index (χ1) is 39.4. The second-order valence-corrected chi connectivity index (χ2v) is 27.6. The molecular formula is C62H71N3O14PS3+. The molecule has 5 aromatic carbocycles. The van der Waals surface area contributed by atoms with E-state index in [4.69, 9.17) is 9.47 Å². The average Bonchev–Trinajstić information content (AvgIpc) is 1.91. The summed E-state index contributed by atoms with van der Waals surface area (Å²) in [6.45, 7) is 7.37. The Morgan fingerprint density at radius 1 is 0.687 bits per heavy atom. The molecule has 2 heterocycles. The monoisotopic (exact) mass is 1210 g/mol. The lowest BCUT2D eigenvalue weighted by Gasteiger charge is -2.30. The van der Waals surface area contributed by atoms with Gasteiger partial charge in [0.25, 0.3) is 36.3 Å². The third-order valence-electron chi connectivity index (χ3n) is 14.9. The van der Waals surface area contributed by atoms with E-state index in [2.05, 4.69) is 5.32 Å². The number of anilines is 1. The molecule has 17 nitrogen and oxygen atoms in total. The molecule has 0 radical (unpaired) electrons. The molecule has 0 fully saturated rings. The van der Waals surface area contributed by atoms with Crippen LogP contribution in [0.25, 0.3) is 0 Å². The van der Waals surface area contributed by atoms with Crippen LogP contribution >= 0.6 is 7.92 Å². The van der Waals surface area contributed by atoms with Gasteiger partial charge < -0.3 is 19.7 Å². The van der Waals surface area contributed by atoms with Crippen LogP contribution in [-0.4, -0.2) is 113 Å². The van der Waals surface area contributed by atoms with Crippen molar-refractivity contribution in [3.8, 4) is 0 Å². The second kappa shape index (κ2) is 27.8. The first-order valence-electron chi connectivity index (χ1n) is 27.1. The Bertz CT molecular complexity index is 3670. The molecule has 0 saturated heterocycles. The van der Waals surface area contributed by atoms with E-state index in [9.17, 15) is 53.3 Å². The normalized spacial score (nSPS) is 16.6. The quantitative estimate of drug-likeness (QED) is 0.00910. The summed E-state index contributed by atoms with van der Waals surface area (Å²) in [5.74, 6) is -1.33. The topological polar surface area (TPSA) is 251 Å². The van der Waals surface area contributed by atoms with E-state index >= 15 is 0 Å². The number of ketones is 1. The highest BCUT2D eigenvalue weighted by molar-refractivity contribution is 7.86. The zero-order valence-corrected chi connectivity index (χ0v) is 50.4. The highest BCUT2D eigenvalue weighted by Crippen LogP contribution is 2.51. The van der Waals surface area contributed by atoms with Crippen LogP contribution in [-0.2, 0) is 55.5 Å². The molecule has 2 aliphatic rings. The highest BCUT2D eigenvalue weighted by Gasteiger charge is 2.46. The second-order valence-electron chi connectivity index (χ2n) is 21.0. The number of rotatable bonds is 28. The number of esters is 1. The number of carbonyl (C=O) groups excluding carboxylic acids is 3. The number of Topliss-reactive ketones (excluding diaryl/α,β-unsaturated/α-hetero) is 1. The molecule has 440 valence electrons. The molecule has 1 atom stereocenters. The SMILES string of the molecule is COCC[N+]1=C(/C=C/C=C/C=C/C=C2/N(CCCCCC(=O)CCCNC(=O)c3ccc(C(=O)OC)c(P(c4ccccc4)c4ccccc4)c3)c3ccc(S(=O)(=O)O)cc3C2(C)CCCS(=O)(=O)O)C(C)(C)c2cc(S(=O)(=O)O)ccc21. The van der Waals surface area contributed by atoms with Crippen molar-refractivity contribution in [1.29, 1.82) is 0 Å². The maximum Gasteiger partial charge on any atom is 0.338 e. The minimum atomic E-state index is -4.63. The van der Waals surface area contributed by atoms with Gasteiger partial charge in [-0.3, -0.25) is 23.2 Å². The number of benzene rings is 5. The zero-order valence-electron chi connectivity index (χ0n) is 47.1. The average molecular weight is 1210 g/mol. The van der Waals surface area contributed by atoms with Crippen LogP contribution in [0.1, 0.15) is 104 Å². The van der Waals surface area contributed by atoms with Crippen molar-refractivity contribution < 1.29 is 67.3 Å². The Labute approximate surface area is 488 Å². The van der Waals surface area contributed by atoms with Crippen LogP contribution in [0.3, 0.4) is 0 Å².